The molecule has 0 aromatic heterocycles. The van der Waals surface area contributed by atoms with Crippen LogP contribution in [0, 0.1) is 5.92 Å². The van der Waals surface area contributed by atoms with Gasteiger partial charge in [-0.15, -0.1) is 0 Å². The van der Waals surface area contributed by atoms with E-state index < -0.39 is 6.10 Å². The first kappa shape index (κ1) is 19.1. The average Bonchev–Trinajstić information content (AvgIpc) is 3.04. The Morgan fingerprint density at radius 1 is 1.33 bits per heavy atom. The first-order valence-electron chi connectivity index (χ1n) is 9.34. The van der Waals surface area contributed by atoms with Crippen molar-refractivity contribution < 1.29 is 14.6 Å². The Morgan fingerprint density at radius 2 is 2.04 bits per heavy atom. The van der Waals surface area contributed by atoms with Crippen LogP contribution in [0.15, 0.2) is 12.1 Å². The third-order valence-electron chi connectivity index (χ3n) is 5.53. The van der Waals surface area contributed by atoms with Gasteiger partial charge in [-0.1, -0.05) is 26.8 Å². The van der Waals surface area contributed by atoms with E-state index in [-0.39, 0.29) is 12.0 Å². The molecule has 2 aliphatic rings. The summed E-state index contributed by atoms with van der Waals surface area (Å²) in [7, 11) is 3.68. The molecule has 0 radical (unpaired) electrons. The Labute approximate surface area is 146 Å². The van der Waals surface area contributed by atoms with Crippen molar-refractivity contribution in [3.8, 4) is 11.5 Å². The van der Waals surface area contributed by atoms with Gasteiger partial charge >= 0.3 is 0 Å². The maximum atomic E-state index is 10.5. The van der Waals surface area contributed by atoms with E-state index in [1.54, 1.807) is 7.11 Å². The van der Waals surface area contributed by atoms with E-state index in [0.29, 0.717) is 12.0 Å². The molecular formula is C20H33NO3. The number of ether oxygens (including phenoxy) is 2. The van der Waals surface area contributed by atoms with E-state index >= 15 is 0 Å². The molecule has 1 aromatic carbocycles. The van der Waals surface area contributed by atoms with E-state index in [0.717, 1.165) is 30.8 Å². The zero-order valence-electron chi connectivity index (χ0n) is 15.9. The number of fused-ring (bicyclic) bond motifs is 3. The van der Waals surface area contributed by atoms with Crippen LogP contribution in [-0.4, -0.2) is 37.5 Å². The summed E-state index contributed by atoms with van der Waals surface area (Å²) in [6.07, 6.45) is 2.25. The number of aliphatic hydroxyl groups excluding tert-OH is 1. The Hall–Kier alpha value is -1.26. The fourth-order valence-corrected chi connectivity index (χ4v) is 4.21. The van der Waals surface area contributed by atoms with Crippen LogP contribution in [-0.2, 0) is 6.42 Å². The van der Waals surface area contributed by atoms with Crippen molar-refractivity contribution in [2.24, 2.45) is 5.92 Å². The number of aryl methyl sites for hydroxylation is 1. The van der Waals surface area contributed by atoms with Crippen molar-refractivity contribution in [2.45, 2.75) is 71.1 Å². The number of rotatable bonds is 4. The molecule has 3 rings (SSSR count). The fraction of sp³-hybridized carbons (Fsp3) is 0.700. The summed E-state index contributed by atoms with van der Waals surface area (Å²) < 4.78 is 11.7. The van der Waals surface area contributed by atoms with Crippen molar-refractivity contribution in [2.75, 3.05) is 14.2 Å². The van der Waals surface area contributed by atoms with Gasteiger partial charge in [-0.2, -0.15) is 0 Å². The molecule has 1 fully saturated rings. The van der Waals surface area contributed by atoms with Gasteiger partial charge in [0.2, 0.25) is 0 Å². The lowest BCUT2D eigenvalue weighted by Gasteiger charge is -2.39. The zero-order valence-corrected chi connectivity index (χ0v) is 15.9. The lowest BCUT2D eigenvalue weighted by molar-refractivity contribution is -0.0156. The lowest BCUT2D eigenvalue weighted by Crippen LogP contribution is -2.47. The van der Waals surface area contributed by atoms with Crippen LogP contribution < -0.4 is 14.8 Å². The number of benzene rings is 1. The fourth-order valence-electron chi connectivity index (χ4n) is 4.21. The van der Waals surface area contributed by atoms with E-state index in [4.69, 9.17) is 9.47 Å². The van der Waals surface area contributed by atoms with Gasteiger partial charge in [0.15, 0.2) is 11.5 Å². The molecule has 0 spiro atoms. The van der Waals surface area contributed by atoms with E-state index in [1.807, 2.05) is 27.0 Å². The van der Waals surface area contributed by atoms with Crippen LogP contribution in [0.3, 0.4) is 0 Å². The molecular weight excluding hydrogens is 302 g/mol. The Kier molecular flexibility index (Phi) is 6.53. The predicted molar refractivity (Wildman–Crippen MR) is 98.1 cm³/mol. The van der Waals surface area contributed by atoms with Crippen molar-refractivity contribution in [1.29, 1.82) is 0 Å². The smallest absolute Gasteiger partial charge is 0.165 e. The molecule has 4 unspecified atom stereocenters. The summed E-state index contributed by atoms with van der Waals surface area (Å²) in [5, 5.41) is 13.9. The molecule has 1 heterocycles. The molecule has 0 amide bonds. The minimum Gasteiger partial charge on any atom is -0.493 e. The molecule has 0 saturated heterocycles. The third-order valence-corrected chi connectivity index (χ3v) is 5.53. The van der Waals surface area contributed by atoms with Crippen LogP contribution in [0.1, 0.15) is 57.6 Å². The number of hydrogen-bond donors (Lipinski definition) is 2. The van der Waals surface area contributed by atoms with Crippen LogP contribution in [0.2, 0.25) is 0 Å². The summed E-state index contributed by atoms with van der Waals surface area (Å²) in [5.74, 6) is 2.35. The van der Waals surface area contributed by atoms with Crippen LogP contribution in [0.4, 0.5) is 0 Å². The van der Waals surface area contributed by atoms with E-state index in [1.165, 1.54) is 11.1 Å². The maximum Gasteiger partial charge on any atom is 0.165 e. The van der Waals surface area contributed by atoms with Gasteiger partial charge in [0.1, 0.15) is 6.10 Å². The van der Waals surface area contributed by atoms with Crippen LogP contribution in [0.25, 0.3) is 0 Å². The minimum atomic E-state index is -0.396. The highest BCUT2D eigenvalue weighted by molar-refractivity contribution is 5.56. The van der Waals surface area contributed by atoms with Crippen molar-refractivity contribution in [3.05, 3.63) is 23.3 Å². The third kappa shape index (κ3) is 3.14. The van der Waals surface area contributed by atoms with Gasteiger partial charge in [-0.3, -0.25) is 0 Å². The normalized spacial score (nSPS) is 28.8. The van der Waals surface area contributed by atoms with Crippen molar-refractivity contribution in [1.82, 2.24) is 5.32 Å². The van der Waals surface area contributed by atoms with Crippen LogP contribution >= 0.6 is 0 Å². The monoisotopic (exact) mass is 335 g/mol. The Bertz CT molecular complexity index is 546. The van der Waals surface area contributed by atoms with Crippen molar-refractivity contribution >= 4 is 0 Å². The molecule has 24 heavy (non-hydrogen) atoms. The predicted octanol–water partition coefficient (Wildman–Crippen LogP) is 3.51. The van der Waals surface area contributed by atoms with Gasteiger partial charge in [0.25, 0.3) is 0 Å². The largest absolute Gasteiger partial charge is 0.493 e. The molecule has 1 aromatic rings. The molecule has 1 aliphatic carbocycles. The quantitative estimate of drug-likeness (QED) is 0.884. The minimum absolute atomic E-state index is 0.147. The highest BCUT2D eigenvalue weighted by atomic mass is 16.5. The van der Waals surface area contributed by atoms with Crippen LogP contribution in [0.5, 0.6) is 11.5 Å². The summed E-state index contributed by atoms with van der Waals surface area (Å²) >= 11 is 0. The van der Waals surface area contributed by atoms with Gasteiger partial charge in [-0.05, 0) is 50.8 Å². The molecule has 1 aliphatic heterocycles. The van der Waals surface area contributed by atoms with Gasteiger partial charge < -0.3 is 19.9 Å². The molecule has 4 heteroatoms. The Balaban J connectivity index is 0.00000100. The Morgan fingerprint density at radius 3 is 2.62 bits per heavy atom. The van der Waals surface area contributed by atoms with Gasteiger partial charge in [0.05, 0.1) is 13.2 Å². The average molecular weight is 335 g/mol. The van der Waals surface area contributed by atoms with E-state index in [2.05, 4.69) is 25.2 Å². The highest BCUT2D eigenvalue weighted by Crippen LogP contribution is 2.53. The summed E-state index contributed by atoms with van der Waals surface area (Å²) in [5.41, 5.74) is 2.57. The SMILES string of the molecule is CC.CCc1ccc(OC)c2c1C1C(C(C)NC)CC[C@@H](O)C1O2. The first-order chi connectivity index (χ1) is 11.6. The lowest BCUT2D eigenvalue weighted by atomic mass is 9.69. The standard InChI is InChI=1S/C18H27NO3.C2H6/c1-5-11-6-9-14(21-4)18-15(11)16-12(10(2)19-3)7-8-13(20)17(16)22-18;1-2/h6,9-10,12-13,16-17,19-20H,5,7-8H2,1-4H3;1-2H3/t10?,12?,13-,16?,17?;/m1./s1. The summed E-state index contributed by atoms with van der Waals surface area (Å²) in [4.78, 5) is 0. The number of aliphatic hydroxyl groups is 1. The number of methoxy groups -OCH3 is 1. The second kappa shape index (κ2) is 8.21. The van der Waals surface area contributed by atoms with Gasteiger partial charge in [0, 0.05) is 17.5 Å². The molecule has 136 valence electrons. The molecule has 4 nitrogen and oxygen atoms in total. The molecule has 0 bridgehead atoms. The topological polar surface area (TPSA) is 50.7 Å². The van der Waals surface area contributed by atoms with E-state index in [9.17, 15) is 5.11 Å². The second-order valence-corrected chi connectivity index (χ2v) is 6.52. The number of nitrogens with one attached hydrogen (secondary N) is 1. The summed E-state index contributed by atoms with van der Waals surface area (Å²) in [6, 6.07) is 4.52. The second-order valence-electron chi connectivity index (χ2n) is 6.52. The zero-order chi connectivity index (χ0) is 17.9. The van der Waals surface area contributed by atoms with Gasteiger partial charge in [-0.25, -0.2) is 0 Å². The molecule has 5 atom stereocenters. The summed E-state index contributed by atoms with van der Waals surface area (Å²) in [6.45, 7) is 8.40. The first-order valence-corrected chi connectivity index (χ1v) is 9.34. The highest BCUT2D eigenvalue weighted by Gasteiger charge is 2.49. The number of hydrogen-bond acceptors (Lipinski definition) is 4. The molecule has 1 saturated carbocycles. The van der Waals surface area contributed by atoms with Crippen molar-refractivity contribution in [3.63, 3.8) is 0 Å². The molecule has 2 N–H and O–H groups in total. The maximum absolute atomic E-state index is 10.5.